The van der Waals surface area contributed by atoms with Crippen LogP contribution in [-0.2, 0) is 20.7 Å². The molecule has 2 rings (SSSR count). The van der Waals surface area contributed by atoms with Crippen LogP contribution < -0.4 is 4.90 Å². The Bertz CT molecular complexity index is 570. The summed E-state index contributed by atoms with van der Waals surface area (Å²) in [5.74, 6) is -1.31. The maximum atomic E-state index is 12.2. The lowest BCUT2D eigenvalue weighted by Gasteiger charge is -2.24. The summed E-state index contributed by atoms with van der Waals surface area (Å²) in [5.41, 5.74) is 1.44. The molecule has 112 valence electrons. The number of nitrogens with zero attached hydrogens (tertiary/aromatic N) is 1. The van der Waals surface area contributed by atoms with Crippen molar-refractivity contribution in [2.45, 2.75) is 31.9 Å². The molecule has 0 fully saturated rings. The van der Waals surface area contributed by atoms with E-state index in [0.717, 1.165) is 5.56 Å². The minimum atomic E-state index is -1.45. The van der Waals surface area contributed by atoms with Gasteiger partial charge in [0.2, 0.25) is 5.91 Å². The molecule has 0 aliphatic carbocycles. The number of hydrogen-bond donors (Lipinski definition) is 2. The van der Waals surface area contributed by atoms with Gasteiger partial charge in [-0.1, -0.05) is 18.2 Å². The Morgan fingerprint density at radius 2 is 1.90 bits per heavy atom. The fourth-order valence-corrected chi connectivity index (χ4v) is 2.37. The topological polar surface area (TPSA) is 104 Å². The van der Waals surface area contributed by atoms with E-state index in [1.165, 1.54) is 4.90 Å². The van der Waals surface area contributed by atoms with Gasteiger partial charge in [0.15, 0.2) is 6.23 Å². The number of amides is 1. The van der Waals surface area contributed by atoms with Crippen LogP contribution in [0, 0.1) is 0 Å². The number of anilines is 1. The predicted molar refractivity (Wildman–Crippen MR) is 72.0 cm³/mol. The lowest BCUT2D eigenvalue weighted by molar-refractivity contribution is -0.137. The zero-order chi connectivity index (χ0) is 15.4. The third-order valence-electron chi connectivity index (χ3n) is 3.22. The number of carboxylic acids is 1. The molecule has 2 N–H and O–H groups in total. The molecule has 21 heavy (non-hydrogen) atoms. The smallest absolute Gasteiger partial charge is 0.481 e. The van der Waals surface area contributed by atoms with E-state index in [2.05, 4.69) is 0 Å². The lowest BCUT2D eigenvalue weighted by Crippen LogP contribution is -2.40. The van der Waals surface area contributed by atoms with Crippen molar-refractivity contribution in [3.63, 3.8) is 0 Å². The molecule has 1 aliphatic rings. The second kappa shape index (κ2) is 6.25. The Morgan fingerprint density at radius 3 is 2.57 bits per heavy atom. The molecular formula is C14H15NO6. The lowest BCUT2D eigenvalue weighted by atomic mass is 10.1. The molecule has 0 radical (unpaired) electrons. The zero-order valence-electron chi connectivity index (χ0n) is 11.2. The van der Waals surface area contributed by atoms with Crippen molar-refractivity contribution < 1.29 is 29.3 Å². The molecule has 7 nitrogen and oxygen atoms in total. The molecule has 1 heterocycles. The number of benzene rings is 1. The summed E-state index contributed by atoms with van der Waals surface area (Å²) in [4.78, 5) is 34.8. The summed E-state index contributed by atoms with van der Waals surface area (Å²) < 4.78 is 4.76. The van der Waals surface area contributed by atoms with Crippen LogP contribution in [0.25, 0.3) is 0 Å². The van der Waals surface area contributed by atoms with Gasteiger partial charge < -0.3 is 14.9 Å². The molecule has 1 aromatic rings. The fraction of sp³-hybridized carbons (Fsp3) is 0.357. The zero-order valence-corrected chi connectivity index (χ0v) is 11.2. The van der Waals surface area contributed by atoms with Crippen molar-refractivity contribution in [1.82, 2.24) is 0 Å². The number of aliphatic carboxylic acids is 1. The minimum Gasteiger partial charge on any atom is -0.481 e. The van der Waals surface area contributed by atoms with Gasteiger partial charge in [0.25, 0.3) is 0 Å². The van der Waals surface area contributed by atoms with Crippen LogP contribution in [-0.4, -0.2) is 34.5 Å². The second-order valence-corrected chi connectivity index (χ2v) is 4.68. The van der Waals surface area contributed by atoms with Crippen molar-refractivity contribution >= 4 is 23.7 Å². The Morgan fingerprint density at radius 1 is 1.19 bits per heavy atom. The highest BCUT2D eigenvalue weighted by Crippen LogP contribution is 2.33. The van der Waals surface area contributed by atoms with Crippen LogP contribution in [0.2, 0.25) is 0 Å². The third kappa shape index (κ3) is 3.50. The molecular weight excluding hydrogens is 278 g/mol. The van der Waals surface area contributed by atoms with Gasteiger partial charge in [-0.2, -0.15) is 0 Å². The van der Waals surface area contributed by atoms with Crippen molar-refractivity contribution in [3.05, 3.63) is 29.8 Å². The molecule has 1 aliphatic heterocycles. The Labute approximate surface area is 120 Å². The first-order valence-corrected chi connectivity index (χ1v) is 6.50. The first-order valence-electron chi connectivity index (χ1n) is 6.50. The van der Waals surface area contributed by atoms with Gasteiger partial charge in [0.1, 0.15) is 0 Å². The Hall–Kier alpha value is -2.57. The van der Waals surface area contributed by atoms with Gasteiger partial charge in [-0.3, -0.25) is 14.5 Å². The minimum absolute atomic E-state index is 0.0279. The summed E-state index contributed by atoms with van der Waals surface area (Å²) >= 11 is 0. The average Bonchev–Trinajstić information content (AvgIpc) is 2.74. The number of carbonyl (C=O) groups is 3. The van der Waals surface area contributed by atoms with Gasteiger partial charge in [0, 0.05) is 19.3 Å². The molecule has 7 heteroatoms. The number of hydrogen-bond acceptors (Lipinski definition) is 4. The molecule has 0 bridgehead atoms. The van der Waals surface area contributed by atoms with E-state index >= 15 is 0 Å². The van der Waals surface area contributed by atoms with Gasteiger partial charge >= 0.3 is 12.1 Å². The summed E-state index contributed by atoms with van der Waals surface area (Å²) in [5, 5.41) is 17.4. The average molecular weight is 293 g/mol. The van der Waals surface area contributed by atoms with E-state index in [9.17, 15) is 14.4 Å². The van der Waals surface area contributed by atoms with E-state index in [0.29, 0.717) is 12.1 Å². The van der Waals surface area contributed by atoms with Gasteiger partial charge in [0.05, 0.1) is 5.69 Å². The number of fused-ring (bicyclic) bond motifs is 1. The van der Waals surface area contributed by atoms with Gasteiger partial charge in [-0.25, -0.2) is 4.79 Å². The fourth-order valence-electron chi connectivity index (χ4n) is 2.37. The van der Waals surface area contributed by atoms with Gasteiger partial charge in [-0.15, -0.1) is 0 Å². The maximum Gasteiger partial charge on any atom is 0.507 e. The summed E-state index contributed by atoms with van der Waals surface area (Å²) in [6.07, 6.45) is -1.92. The standard InChI is InChI=1S/C14H15NO6/c16-11(6-3-7-13(17)18)15-10-5-2-1-4-9(10)8-12(15)21-14(19)20/h1-2,4-5,12H,3,6-8H2,(H,17,18)(H,19,20)/t12-/m0/s1. The van der Waals surface area contributed by atoms with E-state index in [-0.39, 0.29) is 25.2 Å². The molecule has 0 unspecified atom stereocenters. The van der Waals surface area contributed by atoms with E-state index in [1.807, 2.05) is 0 Å². The molecule has 0 saturated carbocycles. The second-order valence-electron chi connectivity index (χ2n) is 4.68. The number of ether oxygens (including phenoxy) is 1. The SMILES string of the molecule is O=C(O)CCCC(=O)N1c2ccccc2C[C@@H]1OC(=O)O. The molecule has 0 spiro atoms. The largest absolute Gasteiger partial charge is 0.507 e. The highest BCUT2D eigenvalue weighted by atomic mass is 16.7. The van der Waals surface area contributed by atoms with Gasteiger partial charge in [-0.05, 0) is 18.1 Å². The van der Waals surface area contributed by atoms with Crippen molar-refractivity contribution in [2.75, 3.05) is 4.90 Å². The van der Waals surface area contributed by atoms with Crippen LogP contribution >= 0.6 is 0 Å². The van der Waals surface area contributed by atoms with Crippen LogP contribution in [0.15, 0.2) is 24.3 Å². The normalized spacial score (nSPS) is 16.4. The summed E-state index contributed by atoms with van der Waals surface area (Å²) in [6, 6.07) is 7.07. The van der Waals surface area contributed by atoms with Crippen LogP contribution in [0.3, 0.4) is 0 Å². The van der Waals surface area contributed by atoms with Crippen LogP contribution in [0.4, 0.5) is 10.5 Å². The number of para-hydroxylation sites is 1. The molecule has 0 saturated heterocycles. The van der Waals surface area contributed by atoms with E-state index in [1.54, 1.807) is 24.3 Å². The highest BCUT2D eigenvalue weighted by Gasteiger charge is 2.35. The number of carboxylic acid groups (broad SMARTS) is 2. The number of rotatable bonds is 5. The Balaban J connectivity index is 2.13. The van der Waals surface area contributed by atoms with Crippen molar-refractivity contribution in [2.24, 2.45) is 0 Å². The monoisotopic (exact) mass is 293 g/mol. The quantitative estimate of drug-likeness (QED) is 0.803. The maximum absolute atomic E-state index is 12.2. The third-order valence-corrected chi connectivity index (χ3v) is 3.22. The molecule has 1 aromatic carbocycles. The van der Waals surface area contributed by atoms with Crippen LogP contribution in [0.1, 0.15) is 24.8 Å². The highest BCUT2D eigenvalue weighted by molar-refractivity contribution is 5.96. The first-order chi connectivity index (χ1) is 9.99. The summed E-state index contributed by atoms with van der Waals surface area (Å²) in [6.45, 7) is 0. The molecule has 1 amide bonds. The van der Waals surface area contributed by atoms with Crippen LogP contribution in [0.5, 0.6) is 0 Å². The van der Waals surface area contributed by atoms with Crippen molar-refractivity contribution in [1.29, 1.82) is 0 Å². The van der Waals surface area contributed by atoms with Crippen molar-refractivity contribution in [3.8, 4) is 0 Å². The number of carbonyl (C=O) groups excluding carboxylic acids is 1. The summed E-state index contributed by atoms with van der Waals surface area (Å²) in [7, 11) is 0. The molecule has 1 atom stereocenters. The predicted octanol–water partition coefficient (Wildman–Crippen LogP) is 1.85. The van der Waals surface area contributed by atoms with E-state index in [4.69, 9.17) is 14.9 Å². The first kappa shape index (κ1) is 14.8. The Kier molecular flexibility index (Phi) is 4.42. The van der Waals surface area contributed by atoms with E-state index < -0.39 is 18.4 Å². The molecule has 0 aromatic heterocycles.